The van der Waals surface area contributed by atoms with E-state index in [0.717, 1.165) is 25.6 Å². The minimum Gasteiger partial charge on any atom is -0.374 e. The molecular weight excluding hydrogens is 242 g/mol. The van der Waals surface area contributed by atoms with E-state index >= 15 is 0 Å². The first-order valence-corrected chi connectivity index (χ1v) is 8.59. The van der Waals surface area contributed by atoms with Gasteiger partial charge in [0.25, 0.3) is 0 Å². The quantitative estimate of drug-likeness (QED) is 0.591. The van der Waals surface area contributed by atoms with E-state index in [0.29, 0.717) is 0 Å². The van der Waals surface area contributed by atoms with Crippen LogP contribution in [0.15, 0.2) is 12.2 Å². The predicted octanol–water partition coefficient (Wildman–Crippen LogP) is 3.23. The number of hydrogen-bond donors (Lipinski definition) is 1. The fourth-order valence-corrected chi connectivity index (χ4v) is 4.25. The third-order valence-electron chi connectivity index (χ3n) is 3.92. The zero-order valence-corrected chi connectivity index (χ0v) is 12.4. The molecule has 0 aromatic heterocycles. The zero-order chi connectivity index (χ0) is 12.7. The van der Waals surface area contributed by atoms with Gasteiger partial charge in [0.15, 0.2) is 0 Å². The normalized spacial score (nSPS) is 32.6. The second-order valence-corrected chi connectivity index (χ2v) is 6.66. The number of thioether (sulfide) groups is 1. The van der Waals surface area contributed by atoms with Gasteiger partial charge in [-0.05, 0) is 56.9 Å². The third kappa shape index (κ3) is 4.29. The van der Waals surface area contributed by atoms with Crippen LogP contribution >= 0.6 is 11.8 Å². The van der Waals surface area contributed by atoms with Crippen molar-refractivity contribution < 1.29 is 4.74 Å². The standard InChI is InChI=1S/C15H27NOS/c1-2-8-16-9-4-3-5-14-6-10-17-15(12-14)7-11-18-13-15/h3,5,14,16H,2,4,6-13H2,1H3. The molecule has 0 aliphatic carbocycles. The monoisotopic (exact) mass is 269 g/mol. The van der Waals surface area contributed by atoms with Gasteiger partial charge in [-0.2, -0.15) is 11.8 Å². The van der Waals surface area contributed by atoms with Gasteiger partial charge in [-0.3, -0.25) is 0 Å². The Morgan fingerprint density at radius 1 is 1.44 bits per heavy atom. The van der Waals surface area contributed by atoms with Gasteiger partial charge in [-0.1, -0.05) is 19.1 Å². The van der Waals surface area contributed by atoms with Crippen LogP contribution in [0.1, 0.15) is 39.0 Å². The zero-order valence-electron chi connectivity index (χ0n) is 11.6. The van der Waals surface area contributed by atoms with Crippen molar-refractivity contribution in [2.24, 2.45) is 5.92 Å². The summed E-state index contributed by atoms with van der Waals surface area (Å²) in [5, 5.41) is 3.44. The Kier molecular flexibility index (Phi) is 6.06. The molecule has 2 saturated heterocycles. The van der Waals surface area contributed by atoms with Crippen LogP contribution in [0.5, 0.6) is 0 Å². The molecule has 2 aliphatic heterocycles. The molecule has 2 rings (SSSR count). The summed E-state index contributed by atoms with van der Waals surface area (Å²) in [7, 11) is 0. The number of allylic oxidation sites excluding steroid dienone is 1. The lowest BCUT2D eigenvalue weighted by molar-refractivity contribution is -0.0718. The van der Waals surface area contributed by atoms with Crippen LogP contribution in [0, 0.1) is 5.92 Å². The van der Waals surface area contributed by atoms with Crippen molar-refractivity contribution in [3.8, 4) is 0 Å². The Bertz CT molecular complexity index is 261. The van der Waals surface area contributed by atoms with Crippen LogP contribution in [0.3, 0.4) is 0 Å². The molecule has 18 heavy (non-hydrogen) atoms. The lowest BCUT2D eigenvalue weighted by Gasteiger charge is -2.36. The Morgan fingerprint density at radius 3 is 3.17 bits per heavy atom. The first-order chi connectivity index (χ1) is 8.85. The van der Waals surface area contributed by atoms with Crippen molar-refractivity contribution in [2.75, 3.05) is 31.2 Å². The number of hydrogen-bond acceptors (Lipinski definition) is 3. The van der Waals surface area contributed by atoms with E-state index in [1.807, 2.05) is 0 Å². The summed E-state index contributed by atoms with van der Waals surface area (Å²) < 4.78 is 6.05. The highest BCUT2D eigenvalue weighted by Crippen LogP contribution is 2.40. The van der Waals surface area contributed by atoms with Gasteiger partial charge in [-0.25, -0.2) is 0 Å². The average molecular weight is 269 g/mol. The molecule has 2 heterocycles. The fourth-order valence-electron chi connectivity index (χ4n) is 2.87. The molecular formula is C15H27NOS. The third-order valence-corrected chi connectivity index (χ3v) is 5.14. The van der Waals surface area contributed by atoms with Gasteiger partial charge in [0.05, 0.1) is 5.60 Å². The minimum absolute atomic E-state index is 0.235. The molecule has 104 valence electrons. The van der Waals surface area contributed by atoms with Crippen LogP contribution < -0.4 is 5.32 Å². The summed E-state index contributed by atoms with van der Waals surface area (Å²) in [6, 6.07) is 0. The van der Waals surface area contributed by atoms with E-state index in [1.165, 1.54) is 43.6 Å². The Labute approximate surface area is 116 Å². The highest BCUT2D eigenvalue weighted by molar-refractivity contribution is 7.99. The van der Waals surface area contributed by atoms with Gasteiger partial charge in [-0.15, -0.1) is 0 Å². The number of nitrogens with one attached hydrogen (secondary N) is 1. The van der Waals surface area contributed by atoms with Crippen molar-refractivity contribution in [3.63, 3.8) is 0 Å². The van der Waals surface area contributed by atoms with Crippen LogP contribution in [0.2, 0.25) is 0 Å². The Hall–Kier alpha value is 0.01000. The van der Waals surface area contributed by atoms with E-state index in [-0.39, 0.29) is 5.60 Å². The molecule has 2 unspecified atom stereocenters. The fraction of sp³-hybridized carbons (Fsp3) is 0.867. The molecule has 2 atom stereocenters. The van der Waals surface area contributed by atoms with Crippen molar-refractivity contribution in [1.29, 1.82) is 0 Å². The number of rotatable bonds is 6. The predicted molar refractivity (Wildman–Crippen MR) is 80.3 cm³/mol. The van der Waals surface area contributed by atoms with Crippen molar-refractivity contribution in [2.45, 2.75) is 44.6 Å². The molecule has 1 N–H and O–H groups in total. The van der Waals surface area contributed by atoms with Crippen molar-refractivity contribution in [1.82, 2.24) is 5.32 Å². The maximum Gasteiger partial charge on any atom is 0.0785 e. The lowest BCUT2D eigenvalue weighted by atomic mass is 9.85. The first kappa shape index (κ1) is 14.4. The van der Waals surface area contributed by atoms with Crippen LogP contribution in [0.25, 0.3) is 0 Å². The molecule has 2 fully saturated rings. The van der Waals surface area contributed by atoms with Crippen LogP contribution in [-0.4, -0.2) is 36.8 Å². The van der Waals surface area contributed by atoms with Gasteiger partial charge in [0.1, 0.15) is 0 Å². The van der Waals surface area contributed by atoms with E-state index in [4.69, 9.17) is 4.74 Å². The second kappa shape index (κ2) is 7.56. The van der Waals surface area contributed by atoms with E-state index in [2.05, 4.69) is 36.2 Å². The number of ether oxygens (including phenoxy) is 1. The van der Waals surface area contributed by atoms with Gasteiger partial charge in [0.2, 0.25) is 0 Å². The smallest absolute Gasteiger partial charge is 0.0785 e. The molecule has 0 bridgehead atoms. The first-order valence-electron chi connectivity index (χ1n) is 7.44. The molecule has 0 saturated carbocycles. The Morgan fingerprint density at radius 2 is 2.39 bits per heavy atom. The summed E-state index contributed by atoms with van der Waals surface area (Å²) in [5.41, 5.74) is 0.235. The molecule has 1 spiro atoms. The average Bonchev–Trinajstić information content (AvgIpc) is 2.82. The molecule has 2 aliphatic rings. The summed E-state index contributed by atoms with van der Waals surface area (Å²) in [6.07, 6.45) is 10.9. The molecule has 0 amide bonds. The van der Waals surface area contributed by atoms with Crippen molar-refractivity contribution >= 4 is 11.8 Å². The molecule has 2 nitrogen and oxygen atoms in total. The van der Waals surface area contributed by atoms with E-state index in [1.54, 1.807) is 0 Å². The summed E-state index contributed by atoms with van der Waals surface area (Å²) in [4.78, 5) is 0. The van der Waals surface area contributed by atoms with Gasteiger partial charge in [0, 0.05) is 12.4 Å². The molecule has 0 aromatic rings. The summed E-state index contributed by atoms with van der Waals surface area (Å²) >= 11 is 2.06. The minimum atomic E-state index is 0.235. The summed E-state index contributed by atoms with van der Waals surface area (Å²) in [6.45, 7) is 5.44. The van der Waals surface area contributed by atoms with Crippen molar-refractivity contribution in [3.05, 3.63) is 12.2 Å². The second-order valence-electron chi connectivity index (χ2n) is 5.55. The van der Waals surface area contributed by atoms with Gasteiger partial charge < -0.3 is 10.1 Å². The molecule has 0 aromatic carbocycles. The molecule has 0 radical (unpaired) electrons. The highest BCUT2D eigenvalue weighted by atomic mass is 32.2. The van der Waals surface area contributed by atoms with Crippen LogP contribution in [-0.2, 0) is 4.74 Å². The van der Waals surface area contributed by atoms with Gasteiger partial charge >= 0.3 is 0 Å². The van der Waals surface area contributed by atoms with Crippen LogP contribution in [0.4, 0.5) is 0 Å². The SMILES string of the molecule is CCCNCCC=CC1CCOC2(CCSC2)C1. The lowest BCUT2D eigenvalue weighted by Crippen LogP contribution is -2.39. The topological polar surface area (TPSA) is 21.3 Å². The van der Waals surface area contributed by atoms with E-state index in [9.17, 15) is 0 Å². The summed E-state index contributed by atoms with van der Waals surface area (Å²) in [5.74, 6) is 3.26. The largest absolute Gasteiger partial charge is 0.374 e. The Balaban J connectivity index is 1.67. The maximum absolute atomic E-state index is 6.05. The maximum atomic E-state index is 6.05. The van der Waals surface area contributed by atoms with E-state index < -0.39 is 0 Å². The molecule has 3 heteroatoms. The highest BCUT2D eigenvalue weighted by Gasteiger charge is 2.39.